The summed E-state index contributed by atoms with van der Waals surface area (Å²) >= 11 is 0. The van der Waals surface area contributed by atoms with Gasteiger partial charge in [-0.3, -0.25) is 4.90 Å². The largest absolute Gasteiger partial charge is 0.433 e. The van der Waals surface area contributed by atoms with Crippen LogP contribution in [0.25, 0.3) is 5.83 Å². The molecule has 1 unspecified atom stereocenters. The number of nitrogens with one attached hydrogen (secondary N) is 1. The molecule has 0 radical (unpaired) electrons. The van der Waals surface area contributed by atoms with Crippen LogP contribution in [0.15, 0.2) is 54.5 Å². The van der Waals surface area contributed by atoms with Crippen LogP contribution in [0, 0.1) is 5.92 Å². The Morgan fingerprint density at radius 3 is 2.68 bits per heavy atom. The van der Waals surface area contributed by atoms with Crippen molar-refractivity contribution in [2.24, 2.45) is 11.7 Å². The summed E-state index contributed by atoms with van der Waals surface area (Å²) in [7, 11) is 0. The van der Waals surface area contributed by atoms with Crippen LogP contribution in [0.2, 0.25) is 0 Å². The first-order valence-corrected chi connectivity index (χ1v) is 9.93. The van der Waals surface area contributed by atoms with E-state index in [0.717, 1.165) is 32.3 Å². The van der Waals surface area contributed by atoms with Crippen LogP contribution in [-0.2, 0) is 19.1 Å². The Morgan fingerprint density at radius 2 is 1.97 bits per heavy atom. The van der Waals surface area contributed by atoms with Crippen molar-refractivity contribution in [1.29, 1.82) is 0 Å². The summed E-state index contributed by atoms with van der Waals surface area (Å²) < 4.78 is 52.9. The average molecular weight is 435 g/mol. The van der Waals surface area contributed by atoms with Gasteiger partial charge < -0.3 is 11.1 Å². The number of halogens is 4. The van der Waals surface area contributed by atoms with E-state index in [1.165, 1.54) is 11.1 Å². The molecule has 3 rings (SSSR count). The molecule has 1 atom stereocenters. The van der Waals surface area contributed by atoms with Crippen LogP contribution < -0.4 is 11.1 Å². The van der Waals surface area contributed by atoms with E-state index < -0.39 is 29.2 Å². The van der Waals surface area contributed by atoms with E-state index in [4.69, 9.17) is 5.73 Å². The molecule has 1 aliphatic rings. The molecule has 3 N–H and O–H groups in total. The minimum absolute atomic E-state index is 0.0781. The third-order valence-electron chi connectivity index (χ3n) is 5.15. The second-order valence-electron chi connectivity index (χ2n) is 7.71. The number of aromatic nitrogens is 2. The van der Waals surface area contributed by atoms with Gasteiger partial charge in [0.05, 0.1) is 11.4 Å². The predicted octanol–water partition coefficient (Wildman–Crippen LogP) is 3.89. The van der Waals surface area contributed by atoms with Gasteiger partial charge in [0.1, 0.15) is 5.69 Å². The highest BCUT2D eigenvalue weighted by Crippen LogP contribution is 2.28. The third-order valence-corrected chi connectivity index (χ3v) is 5.15. The van der Waals surface area contributed by atoms with Gasteiger partial charge in [-0.05, 0) is 29.5 Å². The SMILES string of the molecule is C=C(NCC(C)CN1CCc2ccccc2C1)C(N)=C(F)c1nccc(C(F)(F)F)n1. The number of fused-ring (bicyclic) bond motifs is 1. The van der Waals surface area contributed by atoms with Crippen LogP contribution in [-0.4, -0.2) is 34.5 Å². The summed E-state index contributed by atoms with van der Waals surface area (Å²) in [4.78, 5) is 9.12. The topological polar surface area (TPSA) is 67.1 Å². The molecule has 2 heterocycles. The van der Waals surface area contributed by atoms with Crippen LogP contribution in [0.5, 0.6) is 0 Å². The summed E-state index contributed by atoms with van der Waals surface area (Å²) in [5.41, 5.74) is 6.87. The van der Waals surface area contributed by atoms with Crippen LogP contribution in [0.3, 0.4) is 0 Å². The first-order chi connectivity index (χ1) is 14.6. The van der Waals surface area contributed by atoms with E-state index in [2.05, 4.69) is 38.9 Å². The van der Waals surface area contributed by atoms with E-state index in [1.54, 1.807) is 0 Å². The fourth-order valence-corrected chi connectivity index (χ4v) is 3.48. The number of hydrogen-bond donors (Lipinski definition) is 2. The van der Waals surface area contributed by atoms with Crippen molar-refractivity contribution in [3.8, 4) is 0 Å². The fourth-order valence-electron chi connectivity index (χ4n) is 3.48. The standard InChI is InChI=1S/C22H25F4N5/c1-14(12-31-10-8-16-5-3-4-6-17(16)13-31)11-29-15(2)20(27)19(23)21-28-9-7-18(30-21)22(24,25)26/h3-7,9,14,29H,2,8,10-13,27H2,1H3. The molecule has 1 aromatic heterocycles. The van der Waals surface area contributed by atoms with Crippen molar-refractivity contribution in [1.82, 2.24) is 20.2 Å². The summed E-state index contributed by atoms with van der Waals surface area (Å²) in [6.45, 7) is 8.90. The second-order valence-corrected chi connectivity index (χ2v) is 7.71. The van der Waals surface area contributed by atoms with E-state index >= 15 is 0 Å². The van der Waals surface area contributed by atoms with E-state index in [9.17, 15) is 17.6 Å². The Balaban J connectivity index is 1.56. The third kappa shape index (κ3) is 5.81. The first-order valence-electron chi connectivity index (χ1n) is 9.93. The van der Waals surface area contributed by atoms with E-state index in [0.29, 0.717) is 12.6 Å². The minimum atomic E-state index is -4.70. The van der Waals surface area contributed by atoms with Gasteiger partial charge in [0.25, 0.3) is 0 Å². The minimum Gasteiger partial charge on any atom is -0.395 e. The summed E-state index contributed by atoms with van der Waals surface area (Å²) in [5.74, 6) is -1.66. The van der Waals surface area contributed by atoms with Crippen LogP contribution >= 0.6 is 0 Å². The van der Waals surface area contributed by atoms with Crippen molar-refractivity contribution in [2.45, 2.75) is 26.1 Å². The van der Waals surface area contributed by atoms with Gasteiger partial charge in [-0.2, -0.15) is 13.2 Å². The van der Waals surface area contributed by atoms with Gasteiger partial charge in [-0.25, -0.2) is 14.4 Å². The summed E-state index contributed by atoms with van der Waals surface area (Å²) in [6.07, 6.45) is -2.86. The van der Waals surface area contributed by atoms with Gasteiger partial charge in [-0.15, -0.1) is 0 Å². The highest BCUT2D eigenvalue weighted by Gasteiger charge is 2.33. The Bertz CT molecular complexity index is 970. The summed E-state index contributed by atoms with van der Waals surface area (Å²) in [6, 6.07) is 9.04. The zero-order valence-corrected chi connectivity index (χ0v) is 17.2. The van der Waals surface area contributed by atoms with Crippen molar-refractivity contribution < 1.29 is 17.6 Å². The van der Waals surface area contributed by atoms with Crippen molar-refractivity contribution >= 4 is 5.83 Å². The highest BCUT2D eigenvalue weighted by atomic mass is 19.4. The second kappa shape index (κ2) is 9.47. The average Bonchev–Trinajstić information content (AvgIpc) is 2.76. The van der Waals surface area contributed by atoms with Gasteiger partial charge in [0, 0.05) is 32.4 Å². The maximum absolute atomic E-state index is 14.5. The molecule has 5 nitrogen and oxygen atoms in total. The molecule has 0 saturated carbocycles. The molecule has 0 saturated heterocycles. The van der Waals surface area contributed by atoms with Crippen LogP contribution in [0.1, 0.15) is 29.6 Å². The molecule has 31 heavy (non-hydrogen) atoms. The lowest BCUT2D eigenvalue weighted by Crippen LogP contribution is -2.37. The lowest BCUT2D eigenvalue weighted by Gasteiger charge is -2.31. The Kier molecular flexibility index (Phi) is 6.94. The molecule has 2 aromatic rings. The Morgan fingerprint density at radius 1 is 1.26 bits per heavy atom. The number of alkyl halides is 3. The molecule has 1 aliphatic heterocycles. The van der Waals surface area contributed by atoms with Gasteiger partial charge in [-0.1, -0.05) is 37.8 Å². The molecular weight excluding hydrogens is 410 g/mol. The monoisotopic (exact) mass is 435 g/mol. The van der Waals surface area contributed by atoms with Gasteiger partial charge in [0.15, 0.2) is 11.7 Å². The molecule has 166 valence electrons. The number of nitrogens with two attached hydrogens (primary N) is 1. The van der Waals surface area contributed by atoms with Crippen molar-refractivity contribution in [3.63, 3.8) is 0 Å². The van der Waals surface area contributed by atoms with Crippen molar-refractivity contribution in [3.05, 3.63) is 77.1 Å². The molecule has 0 spiro atoms. The molecule has 1 aromatic carbocycles. The smallest absolute Gasteiger partial charge is 0.395 e. The summed E-state index contributed by atoms with van der Waals surface area (Å²) in [5, 5.41) is 2.96. The normalized spacial score (nSPS) is 16.3. The molecule has 0 bridgehead atoms. The Labute approximate surface area is 178 Å². The molecule has 0 aliphatic carbocycles. The molecule has 0 amide bonds. The maximum atomic E-state index is 14.5. The molecule has 9 heteroatoms. The van der Waals surface area contributed by atoms with E-state index in [-0.39, 0.29) is 11.6 Å². The van der Waals surface area contributed by atoms with Gasteiger partial charge in [0.2, 0.25) is 0 Å². The molecular formula is C22H25F4N5. The number of rotatable bonds is 7. The molecule has 0 fully saturated rings. The predicted molar refractivity (Wildman–Crippen MR) is 111 cm³/mol. The number of nitrogens with zero attached hydrogens (tertiary/aromatic N) is 3. The fraction of sp³-hybridized carbons (Fsp3) is 0.364. The van der Waals surface area contributed by atoms with Gasteiger partial charge >= 0.3 is 6.18 Å². The van der Waals surface area contributed by atoms with Crippen molar-refractivity contribution in [2.75, 3.05) is 19.6 Å². The van der Waals surface area contributed by atoms with Crippen LogP contribution in [0.4, 0.5) is 17.6 Å². The van der Waals surface area contributed by atoms with E-state index in [1.807, 2.05) is 19.1 Å². The quantitative estimate of drug-likeness (QED) is 0.510. The number of hydrogen-bond acceptors (Lipinski definition) is 5. The first kappa shape index (κ1) is 22.7. The zero-order chi connectivity index (χ0) is 22.6. The lowest BCUT2D eigenvalue weighted by molar-refractivity contribution is -0.141. The highest BCUT2D eigenvalue weighted by molar-refractivity contribution is 5.60. The maximum Gasteiger partial charge on any atom is 0.433 e. The number of benzene rings is 1. The zero-order valence-electron chi connectivity index (χ0n) is 17.2. The lowest BCUT2D eigenvalue weighted by atomic mass is 9.99. The Hall–Kier alpha value is -2.94.